The highest BCUT2D eigenvalue weighted by atomic mass is 16.5. The molecule has 5 nitrogen and oxygen atoms in total. The molecule has 16 heavy (non-hydrogen) atoms. The van der Waals surface area contributed by atoms with Crippen LogP contribution < -0.4 is 11.1 Å². The Balaban J connectivity index is 4.06. The Morgan fingerprint density at radius 3 is 2.56 bits per heavy atom. The molecule has 1 unspecified atom stereocenters. The Morgan fingerprint density at radius 1 is 1.50 bits per heavy atom. The third-order valence-corrected chi connectivity index (χ3v) is 2.78. The fourth-order valence-electron chi connectivity index (χ4n) is 1.46. The number of primary amides is 1. The minimum atomic E-state index is -0.615. The van der Waals surface area contributed by atoms with Crippen LogP contribution >= 0.6 is 0 Å². The van der Waals surface area contributed by atoms with Gasteiger partial charge in [-0.25, -0.2) is 0 Å². The minimum absolute atomic E-state index is 0.297. The first-order chi connectivity index (χ1) is 7.46. The van der Waals surface area contributed by atoms with Crippen LogP contribution in [0.4, 0.5) is 0 Å². The van der Waals surface area contributed by atoms with Gasteiger partial charge in [0.25, 0.3) is 0 Å². The van der Waals surface area contributed by atoms with E-state index < -0.39 is 5.54 Å². The molecule has 1 atom stereocenters. The lowest BCUT2D eigenvalue weighted by molar-refractivity contribution is -0.124. The van der Waals surface area contributed by atoms with E-state index in [9.17, 15) is 4.79 Å². The van der Waals surface area contributed by atoms with Crippen LogP contribution in [0.5, 0.6) is 0 Å². The molecule has 3 N–H and O–H groups in total. The Bertz CT molecular complexity index is 211. The molecule has 0 rings (SSSR count). The molecule has 0 saturated heterocycles. The third kappa shape index (κ3) is 5.44. The Kier molecular flexibility index (Phi) is 7.29. The highest BCUT2D eigenvalue weighted by Gasteiger charge is 2.29. The van der Waals surface area contributed by atoms with Crippen LogP contribution in [-0.4, -0.2) is 56.7 Å². The number of nitrogens with two attached hydrogens (primary N) is 1. The number of amides is 1. The van der Waals surface area contributed by atoms with E-state index in [1.165, 1.54) is 0 Å². The maximum atomic E-state index is 11.4. The summed E-state index contributed by atoms with van der Waals surface area (Å²) >= 11 is 0. The van der Waals surface area contributed by atoms with Crippen molar-refractivity contribution in [2.24, 2.45) is 5.73 Å². The third-order valence-electron chi connectivity index (χ3n) is 2.78. The maximum Gasteiger partial charge on any atom is 0.237 e. The molecule has 0 aliphatic heterocycles. The lowest BCUT2D eigenvalue weighted by Gasteiger charge is -2.29. The molecule has 0 heterocycles. The smallest absolute Gasteiger partial charge is 0.237 e. The van der Waals surface area contributed by atoms with Crippen molar-refractivity contribution in [3.8, 4) is 0 Å². The standard InChI is InChI=1S/C11H25N3O2/c1-5-13-11(2,10(12)15)6-7-14(3)8-9-16-4/h13H,5-9H2,1-4H3,(H2,12,15). The fraction of sp³-hybridized carbons (Fsp3) is 0.909. The van der Waals surface area contributed by atoms with Gasteiger partial charge >= 0.3 is 0 Å². The SMILES string of the molecule is CCNC(C)(CCN(C)CCOC)C(N)=O. The Hall–Kier alpha value is -0.650. The molecule has 0 aromatic heterocycles. The van der Waals surface area contributed by atoms with Crippen LogP contribution in [0.25, 0.3) is 0 Å². The first-order valence-corrected chi connectivity index (χ1v) is 5.68. The number of carbonyl (C=O) groups excluding carboxylic acids is 1. The second-order valence-electron chi connectivity index (χ2n) is 4.27. The van der Waals surface area contributed by atoms with Crippen molar-refractivity contribution in [2.75, 3.05) is 40.4 Å². The summed E-state index contributed by atoms with van der Waals surface area (Å²) in [6, 6.07) is 0. The summed E-state index contributed by atoms with van der Waals surface area (Å²) in [6.45, 7) is 6.93. The minimum Gasteiger partial charge on any atom is -0.383 e. The Labute approximate surface area is 98.3 Å². The molecule has 0 aliphatic rings. The van der Waals surface area contributed by atoms with E-state index in [1.54, 1.807) is 7.11 Å². The molecule has 1 amide bonds. The molecular formula is C11H25N3O2. The number of methoxy groups -OCH3 is 1. The van der Waals surface area contributed by atoms with Crippen LogP contribution in [0.15, 0.2) is 0 Å². The van der Waals surface area contributed by atoms with Crippen LogP contribution in [0.3, 0.4) is 0 Å². The summed E-state index contributed by atoms with van der Waals surface area (Å²) in [6.07, 6.45) is 0.705. The second-order valence-corrected chi connectivity index (χ2v) is 4.27. The summed E-state index contributed by atoms with van der Waals surface area (Å²) in [7, 11) is 3.69. The number of carbonyl (C=O) groups is 1. The number of hydrogen-bond donors (Lipinski definition) is 2. The summed E-state index contributed by atoms with van der Waals surface area (Å²) in [4.78, 5) is 13.5. The molecule has 0 saturated carbocycles. The number of nitrogens with zero attached hydrogens (tertiary/aromatic N) is 1. The van der Waals surface area contributed by atoms with E-state index in [0.29, 0.717) is 13.0 Å². The molecule has 0 spiro atoms. The van der Waals surface area contributed by atoms with Gasteiger partial charge in [0.1, 0.15) is 0 Å². The van der Waals surface area contributed by atoms with Gasteiger partial charge in [0.05, 0.1) is 12.1 Å². The normalized spacial score (nSPS) is 15.1. The predicted octanol–water partition coefficient (Wildman–Crippen LogP) is -0.192. The molecule has 0 fully saturated rings. The van der Waals surface area contributed by atoms with Crippen molar-refractivity contribution in [2.45, 2.75) is 25.8 Å². The lowest BCUT2D eigenvalue weighted by atomic mass is 9.96. The second kappa shape index (κ2) is 7.60. The molecule has 0 aromatic carbocycles. The van der Waals surface area contributed by atoms with Gasteiger partial charge in [0, 0.05) is 20.2 Å². The average molecular weight is 231 g/mol. The quantitative estimate of drug-likeness (QED) is 0.577. The van der Waals surface area contributed by atoms with Gasteiger partial charge in [-0.05, 0) is 26.9 Å². The van der Waals surface area contributed by atoms with E-state index in [1.807, 2.05) is 20.9 Å². The van der Waals surface area contributed by atoms with Gasteiger partial charge in [-0.1, -0.05) is 6.92 Å². The zero-order valence-corrected chi connectivity index (χ0v) is 10.9. The molecule has 5 heteroatoms. The number of rotatable bonds is 9. The van der Waals surface area contributed by atoms with Crippen LogP contribution in [-0.2, 0) is 9.53 Å². The summed E-state index contributed by atoms with van der Waals surface area (Å²) in [5.74, 6) is -0.297. The van der Waals surface area contributed by atoms with Crippen LogP contribution in [0, 0.1) is 0 Å². The topological polar surface area (TPSA) is 67.6 Å². The van der Waals surface area contributed by atoms with Crippen molar-refractivity contribution in [1.29, 1.82) is 0 Å². The van der Waals surface area contributed by atoms with E-state index in [0.717, 1.165) is 19.6 Å². The van der Waals surface area contributed by atoms with Crippen molar-refractivity contribution < 1.29 is 9.53 Å². The van der Waals surface area contributed by atoms with Gasteiger partial charge in [-0.15, -0.1) is 0 Å². The molecule has 0 aromatic rings. The van der Waals surface area contributed by atoms with E-state index in [-0.39, 0.29) is 5.91 Å². The number of nitrogens with one attached hydrogen (secondary N) is 1. The monoisotopic (exact) mass is 231 g/mol. The first kappa shape index (κ1) is 15.3. The molecule has 0 bridgehead atoms. The molecule has 96 valence electrons. The van der Waals surface area contributed by atoms with Gasteiger partial charge in [0.15, 0.2) is 0 Å². The maximum absolute atomic E-state index is 11.4. The van der Waals surface area contributed by atoms with Crippen LogP contribution in [0.1, 0.15) is 20.3 Å². The average Bonchev–Trinajstić information content (AvgIpc) is 2.23. The summed E-state index contributed by atoms with van der Waals surface area (Å²) < 4.78 is 4.99. The van der Waals surface area contributed by atoms with E-state index >= 15 is 0 Å². The van der Waals surface area contributed by atoms with Gasteiger partial charge < -0.3 is 20.7 Å². The van der Waals surface area contributed by atoms with Gasteiger partial charge in [0.2, 0.25) is 5.91 Å². The van der Waals surface area contributed by atoms with Crippen molar-refractivity contribution in [3.05, 3.63) is 0 Å². The predicted molar refractivity (Wildman–Crippen MR) is 65.3 cm³/mol. The van der Waals surface area contributed by atoms with Gasteiger partial charge in [-0.2, -0.15) is 0 Å². The zero-order chi connectivity index (χ0) is 12.6. The van der Waals surface area contributed by atoms with Gasteiger partial charge in [-0.3, -0.25) is 4.79 Å². The molecular weight excluding hydrogens is 206 g/mol. The van der Waals surface area contributed by atoms with Crippen LogP contribution in [0.2, 0.25) is 0 Å². The Morgan fingerprint density at radius 2 is 2.12 bits per heavy atom. The summed E-state index contributed by atoms with van der Waals surface area (Å²) in [5.41, 5.74) is 4.78. The largest absolute Gasteiger partial charge is 0.383 e. The lowest BCUT2D eigenvalue weighted by Crippen LogP contribution is -2.54. The number of ether oxygens (including phenoxy) is 1. The number of likely N-dealkylation sites (N-methyl/N-ethyl adjacent to an activating group) is 2. The van der Waals surface area contributed by atoms with Crippen molar-refractivity contribution in [3.63, 3.8) is 0 Å². The molecule has 0 aliphatic carbocycles. The van der Waals surface area contributed by atoms with Crippen molar-refractivity contribution >= 4 is 5.91 Å². The summed E-state index contributed by atoms with van der Waals surface area (Å²) in [5, 5.41) is 3.14. The highest BCUT2D eigenvalue weighted by molar-refractivity contribution is 5.84. The zero-order valence-electron chi connectivity index (χ0n) is 10.9. The number of hydrogen-bond acceptors (Lipinski definition) is 4. The van der Waals surface area contributed by atoms with E-state index in [2.05, 4.69) is 10.2 Å². The molecule has 0 radical (unpaired) electrons. The fourth-order valence-corrected chi connectivity index (χ4v) is 1.46. The van der Waals surface area contributed by atoms with Crippen molar-refractivity contribution in [1.82, 2.24) is 10.2 Å². The first-order valence-electron chi connectivity index (χ1n) is 5.68. The highest BCUT2D eigenvalue weighted by Crippen LogP contribution is 2.09. The van der Waals surface area contributed by atoms with E-state index in [4.69, 9.17) is 10.5 Å².